The maximum Gasteiger partial charge on any atom is 0.346 e. The number of aliphatic carboxylic acids is 1. The van der Waals surface area contributed by atoms with Gasteiger partial charge in [-0.1, -0.05) is 18.5 Å². The molecule has 0 aromatic carbocycles. The first-order chi connectivity index (χ1) is 9.57. The standard InChI is InChI=1S/C11H11ClN4O3S/c1-2-11(10(17)18)19-6(3-20-11)16-5-15-9-7(16)8(12)13-4-14-9/h4-6H,2-3H2,1H3,(H,17,18)/t6-,11-/m0/s1. The smallest absolute Gasteiger partial charge is 0.346 e. The Morgan fingerprint density at radius 2 is 2.45 bits per heavy atom. The normalized spacial score (nSPS) is 26.2. The number of ether oxygens (including phenoxy) is 1. The van der Waals surface area contributed by atoms with Crippen molar-refractivity contribution in [3.63, 3.8) is 0 Å². The maximum atomic E-state index is 11.4. The number of carbonyl (C=O) groups is 1. The predicted octanol–water partition coefficient (Wildman–Crippen LogP) is 1.93. The summed E-state index contributed by atoms with van der Waals surface area (Å²) in [5, 5.41) is 9.59. The summed E-state index contributed by atoms with van der Waals surface area (Å²) >= 11 is 7.32. The zero-order valence-corrected chi connectivity index (χ0v) is 12.1. The van der Waals surface area contributed by atoms with Gasteiger partial charge in [0.05, 0.1) is 6.33 Å². The number of fused-ring (bicyclic) bond motifs is 1. The highest BCUT2D eigenvalue weighted by molar-refractivity contribution is 8.01. The van der Waals surface area contributed by atoms with Gasteiger partial charge >= 0.3 is 5.97 Å². The Morgan fingerprint density at radius 1 is 1.65 bits per heavy atom. The molecule has 3 heterocycles. The van der Waals surface area contributed by atoms with Gasteiger partial charge in [0.2, 0.25) is 4.93 Å². The Morgan fingerprint density at radius 3 is 3.10 bits per heavy atom. The van der Waals surface area contributed by atoms with Crippen LogP contribution in [0.25, 0.3) is 11.2 Å². The molecule has 1 fully saturated rings. The fourth-order valence-electron chi connectivity index (χ4n) is 2.14. The van der Waals surface area contributed by atoms with Gasteiger partial charge in [-0.15, -0.1) is 11.8 Å². The summed E-state index contributed by atoms with van der Waals surface area (Å²) in [6, 6.07) is 0. The van der Waals surface area contributed by atoms with Crippen molar-refractivity contribution in [1.29, 1.82) is 0 Å². The Labute approximate surface area is 123 Å². The first kappa shape index (κ1) is 13.6. The van der Waals surface area contributed by atoms with Gasteiger partial charge in [-0.25, -0.2) is 19.7 Å². The number of hydrogen-bond donors (Lipinski definition) is 1. The van der Waals surface area contributed by atoms with Gasteiger partial charge < -0.3 is 9.84 Å². The summed E-state index contributed by atoms with van der Waals surface area (Å²) in [6.07, 6.45) is 2.80. The van der Waals surface area contributed by atoms with Crippen LogP contribution in [0.2, 0.25) is 5.15 Å². The zero-order chi connectivity index (χ0) is 14.3. The molecule has 7 nitrogen and oxygen atoms in total. The van der Waals surface area contributed by atoms with Crippen LogP contribution < -0.4 is 0 Å². The molecule has 1 saturated heterocycles. The second kappa shape index (κ2) is 4.87. The molecule has 2 aromatic heterocycles. The van der Waals surface area contributed by atoms with Crippen molar-refractivity contribution in [2.75, 3.05) is 5.75 Å². The van der Waals surface area contributed by atoms with E-state index in [1.54, 1.807) is 17.8 Å². The lowest BCUT2D eigenvalue weighted by atomic mass is 10.3. The van der Waals surface area contributed by atoms with E-state index >= 15 is 0 Å². The maximum absolute atomic E-state index is 11.4. The molecular weight excluding hydrogens is 304 g/mol. The average Bonchev–Trinajstić information content (AvgIpc) is 3.03. The van der Waals surface area contributed by atoms with Crippen molar-refractivity contribution in [3.05, 3.63) is 17.8 Å². The quantitative estimate of drug-likeness (QED) is 0.866. The van der Waals surface area contributed by atoms with Crippen LogP contribution in [-0.2, 0) is 9.53 Å². The van der Waals surface area contributed by atoms with Crippen LogP contribution >= 0.6 is 23.4 Å². The average molecular weight is 315 g/mol. The minimum Gasteiger partial charge on any atom is -0.478 e. The second-order valence-corrected chi connectivity index (χ2v) is 5.92. The number of nitrogens with zero attached hydrogens (tertiary/aromatic N) is 4. The van der Waals surface area contributed by atoms with Crippen LogP contribution in [0.5, 0.6) is 0 Å². The molecule has 0 spiro atoms. The molecule has 2 aromatic rings. The number of halogens is 1. The summed E-state index contributed by atoms with van der Waals surface area (Å²) in [5.41, 5.74) is 1.01. The molecule has 0 unspecified atom stereocenters. The van der Waals surface area contributed by atoms with Gasteiger partial charge in [-0.2, -0.15) is 0 Å². The number of thioether (sulfide) groups is 1. The minimum atomic E-state index is -1.22. The van der Waals surface area contributed by atoms with Gasteiger partial charge in [-0.05, 0) is 6.42 Å². The molecule has 0 saturated carbocycles. The number of aromatic nitrogens is 4. The Hall–Kier alpha value is -1.38. The van der Waals surface area contributed by atoms with Crippen molar-refractivity contribution in [2.45, 2.75) is 24.5 Å². The Bertz CT molecular complexity index is 679. The Kier molecular flexibility index (Phi) is 3.31. The topological polar surface area (TPSA) is 90.1 Å². The van der Waals surface area contributed by atoms with Crippen molar-refractivity contribution in [1.82, 2.24) is 19.5 Å². The van der Waals surface area contributed by atoms with Gasteiger partial charge in [-0.3, -0.25) is 4.57 Å². The molecule has 1 aliphatic heterocycles. The van der Waals surface area contributed by atoms with E-state index in [0.717, 1.165) is 0 Å². The molecular formula is C11H11ClN4O3S. The predicted molar refractivity (Wildman–Crippen MR) is 73.6 cm³/mol. The van der Waals surface area contributed by atoms with Gasteiger partial charge in [0.15, 0.2) is 10.8 Å². The molecule has 1 aliphatic rings. The monoisotopic (exact) mass is 314 g/mol. The summed E-state index contributed by atoms with van der Waals surface area (Å²) in [6.45, 7) is 1.78. The summed E-state index contributed by atoms with van der Waals surface area (Å²) in [7, 11) is 0. The zero-order valence-electron chi connectivity index (χ0n) is 10.5. The molecule has 20 heavy (non-hydrogen) atoms. The van der Waals surface area contributed by atoms with E-state index in [1.165, 1.54) is 18.1 Å². The minimum absolute atomic E-state index is 0.269. The third kappa shape index (κ3) is 1.95. The third-order valence-corrected chi connectivity index (χ3v) is 4.96. The van der Waals surface area contributed by atoms with Gasteiger partial charge in [0.25, 0.3) is 0 Å². The Balaban J connectivity index is 2.00. The SMILES string of the molecule is CC[C@]1(C(=O)O)O[C@H](n2cnc3ncnc(Cl)c32)CS1. The lowest BCUT2D eigenvalue weighted by Gasteiger charge is -2.22. The number of carboxylic acids is 1. The summed E-state index contributed by atoms with van der Waals surface area (Å²) < 4.78 is 7.42. The number of rotatable bonds is 3. The van der Waals surface area contributed by atoms with E-state index in [2.05, 4.69) is 15.0 Å². The molecule has 0 aliphatic carbocycles. The lowest BCUT2D eigenvalue weighted by Crippen LogP contribution is -2.34. The van der Waals surface area contributed by atoms with E-state index in [9.17, 15) is 9.90 Å². The van der Waals surface area contributed by atoms with Gasteiger partial charge in [0.1, 0.15) is 18.1 Å². The number of carboxylic acid groups (broad SMARTS) is 1. The fraction of sp³-hybridized carbons (Fsp3) is 0.455. The number of imidazole rings is 1. The van der Waals surface area contributed by atoms with E-state index in [4.69, 9.17) is 16.3 Å². The number of hydrogen-bond acceptors (Lipinski definition) is 6. The molecule has 9 heteroatoms. The van der Waals surface area contributed by atoms with Crippen LogP contribution in [0.15, 0.2) is 12.7 Å². The van der Waals surface area contributed by atoms with E-state index in [0.29, 0.717) is 23.3 Å². The lowest BCUT2D eigenvalue weighted by molar-refractivity contribution is -0.159. The highest BCUT2D eigenvalue weighted by atomic mass is 35.5. The second-order valence-electron chi connectivity index (χ2n) is 4.28. The van der Waals surface area contributed by atoms with Gasteiger partial charge in [0, 0.05) is 5.75 Å². The third-order valence-electron chi connectivity index (χ3n) is 3.21. The molecule has 0 amide bonds. The van der Waals surface area contributed by atoms with Crippen LogP contribution in [0.4, 0.5) is 0 Å². The molecule has 3 rings (SSSR count). The summed E-state index contributed by atoms with van der Waals surface area (Å²) in [5.74, 6) is -0.476. The molecule has 0 bridgehead atoms. The largest absolute Gasteiger partial charge is 0.478 e. The van der Waals surface area contributed by atoms with Crippen molar-refractivity contribution >= 4 is 40.5 Å². The highest BCUT2D eigenvalue weighted by Crippen LogP contribution is 2.44. The molecule has 1 N–H and O–H groups in total. The molecule has 2 atom stereocenters. The molecule has 106 valence electrons. The van der Waals surface area contributed by atoms with E-state index in [1.807, 2.05) is 0 Å². The van der Waals surface area contributed by atoms with E-state index in [-0.39, 0.29) is 5.15 Å². The van der Waals surface area contributed by atoms with Crippen LogP contribution in [-0.4, -0.2) is 41.3 Å². The first-order valence-corrected chi connectivity index (χ1v) is 7.32. The van der Waals surface area contributed by atoms with Crippen LogP contribution in [0.3, 0.4) is 0 Å². The summed E-state index contributed by atoms with van der Waals surface area (Å²) in [4.78, 5) is 22.2. The highest BCUT2D eigenvalue weighted by Gasteiger charge is 2.47. The molecule has 0 radical (unpaired) electrons. The first-order valence-electron chi connectivity index (χ1n) is 5.95. The van der Waals surface area contributed by atoms with Crippen molar-refractivity contribution in [3.8, 4) is 0 Å². The van der Waals surface area contributed by atoms with Crippen LogP contribution in [0.1, 0.15) is 19.6 Å². The van der Waals surface area contributed by atoms with E-state index < -0.39 is 17.1 Å². The van der Waals surface area contributed by atoms with Crippen molar-refractivity contribution < 1.29 is 14.6 Å². The fourth-order valence-corrected chi connectivity index (χ4v) is 3.51. The van der Waals surface area contributed by atoms with Crippen LogP contribution in [0, 0.1) is 0 Å². The van der Waals surface area contributed by atoms with Crippen molar-refractivity contribution in [2.24, 2.45) is 0 Å².